The number of aryl methyl sites for hydroxylation is 1. The highest BCUT2D eigenvalue weighted by atomic mass is 32.2. The quantitative estimate of drug-likeness (QED) is 0.573. The third-order valence-corrected chi connectivity index (χ3v) is 7.08. The van der Waals surface area contributed by atoms with Gasteiger partial charge in [0.2, 0.25) is 15.9 Å². The Balaban J connectivity index is 1.95. The number of hydrogen-bond acceptors (Lipinski definition) is 5. The first-order valence-electron chi connectivity index (χ1n) is 10.0. The van der Waals surface area contributed by atoms with Crippen LogP contribution in [0.1, 0.15) is 38.8 Å². The summed E-state index contributed by atoms with van der Waals surface area (Å²) in [5.74, 6) is -0.426. The van der Waals surface area contributed by atoms with Crippen molar-refractivity contribution in [2.24, 2.45) is 0 Å². The van der Waals surface area contributed by atoms with Crippen molar-refractivity contribution in [2.75, 3.05) is 15.9 Å². The Morgan fingerprint density at radius 1 is 1.19 bits per heavy atom. The smallest absolute Gasteiger partial charge is 0.308 e. The number of nitrogens with one attached hydrogen (secondary N) is 1. The highest BCUT2D eigenvalue weighted by Gasteiger charge is 2.31. The number of carbonyl (C=O) groups is 1. The van der Waals surface area contributed by atoms with Gasteiger partial charge < -0.3 is 5.32 Å². The number of sulfonamides is 1. The van der Waals surface area contributed by atoms with Gasteiger partial charge in [-0.2, -0.15) is 0 Å². The Hall–Kier alpha value is -2.65. The number of aromatic nitrogens is 1. The van der Waals surface area contributed by atoms with E-state index in [9.17, 15) is 18.0 Å². The Morgan fingerprint density at radius 2 is 1.90 bits per heavy atom. The van der Waals surface area contributed by atoms with Crippen molar-refractivity contribution in [1.82, 2.24) is 4.57 Å². The number of thiazole rings is 1. The number of anilines is 2. The van der Waals surface area contributed by atoms with Gasteiger partial charge in [0, 0.05) is 11.7 Å². The van der Waals surface area contributed by atoms with E-state index >= 15 is 0 Å². The molecule has 3 aromatic rings. The molecule has 1 atom stereocenters. The SMILES string of the molecule is CCC(C(=O)Nc1ccc2c(c1)sc(=O)n2C(C)C)N(c1cccc(C)c1)S(C)(=O)=O. The van der Waals surface area contributed by atoms with Gasteiger partial charge in [-0.05, 0) is 63.1 Å². The Labute approximate surface area is 186 Å². The molecular formula is C22H27N3O4S2. The van der Waals surface area contributed by atoms with E-state index < -0.39 is 22.0 Å². The molecule has 166 valence electrons. The fraction of sp³-hybridized carbons (Fsp3) is 0.364. The van der Waals surface area contributed by atoms with Gasteiger partial charge in [-0.1, -0.05) is 30.4 Å². The van der Waals surface area contributed by atoms with Crippen molar-refractivity contribution in [2.45, 2.75) is 46.2 Å². The van der Waals surface area contributed by atoms with Crippen molar-refractivity contribution in [1.29, 1.82) is 0 Å². The summed E-state index contributed by atoms with van der Waals surface area (Å²) >= 11 is 1.12. The predicted octanol–water partition coefficient (Wildman–Crippen LogP) is 4.14. The molecule has 9 heteroatoms. The van der Waals surface area contributed by atoms with Gasteiger partial charge in [-0.3, -0.25) is 18.5 Å². The maximum Gasteiger partial charge on any atom is 0.308 e. The van der Waals surface area contributed by atoms with Crippen molar-refractivity contribution in [3.8, 4) is 0 Å². The summed E-state index contributed by atoms with van der Waals surface area (Å²) in [6.07, 6.45) is 1.40. The molecule has 1 amide bonds. The first kappa shape index (κ1) is 23.0. The van der Waals surface area contributed by atoms with Gasteiger partial charge in [-0.15, -0.1) is 0 Å². The average molecular weight is 462 g/mol. The van der Waals surface area contributed by atoms with E-state index in [0.717, 1.165) is 33.4 Å². The molecule has 0 aliphatic rings. The monoisotopic (exact) mass is 461 g/mol. The number of amides is 1. The minimum atomic E-state index is -3.70. The third kappa shape index (κ3) is 4.83. The first-order valence-corrected chi connectivity index (χ1v) is 12.7. The topological polar surface area (TPSA) is 88.5 Å². The molecule has 2 aromatic carbocycles. The van der Waals surface area contributed by atoms with Crippen LogP contribution >= 0.6 is 11.3 Å². The second kappa shape index (κ2) is 8.84. The Morgan fingerprint density at radius 3 is 2.48 bits per heavy atom. The van der Waals surface area contributed by atoms with E-state index in [-0.39, 0.29) is 10.9 Å². The lowest BCUT2D eigenvalue weighted by molar-refractivity contribution is -0.117. The zero-order valence-corrected chi connectivity index (χ0v) is 19.9. The molecule has 0 aliphatic heterocycles. The first-order chi connectivity index (χ1) is 14.5. The predicted molar refractivity (Wildman–Crippen MR) is 128 cm³/mol. The van der Waals surface area contributed by atoms with E-state index in [2.05, 4.69) is 5.32 Å². The van der Waals surface area contributed by atoms with E-state index in [0.29, 0.717) is 17.8 Å². The van der Waals surface area contributed by atoms with Crippen LogP contribution in [0, 0.1) is 6.92 Å². The molecule has 1 N–H and O–H groups in total. The second-order valence-corrected chi connectivity index (χ2v) is 10.7. The molecule has 0 fully saturated rings. The summed E-state index contributed by atoms with van der Waals surface area (Å²) in [5, 5.41) is 2.83. The molecule has 3 rings (SSSR count). The number of benzene rings is 2. The van der Waals surface area contributed by atoms with Gasteiger partial charge in [-0.25, -0.2) is 8.42 Å². The summed E-state index contributed by atoms with van der Waals surface area (Å²) in [6, 6.07) is 11.5. The zero-order valence-electron chi connectivity index (χ0n) is 18.2. The Bertz CT molecular complexity index is 1280. The Kier molecular flexibility index (Phi) is 6.56. The van der Waals surface area contributed by atoms with Gasteiger partial charge in [0.15, 0.2) is 0 Å². The molecule has 0 radical (unpaired) electrons. The van der Waals surface area contributed by atoms with Crippen molar-refractivity contribution < 1.29 is 13.2 Å². The van der Waals surface area contributed by atoms with Crippen molar-refractivity contribution in [3.63, 3.8) is 0 Å². The fourth-order valence-electron chi connectivity index (χ4n) is 3.65. The average Bonchev–Trinajstić information content (AvgIpc) is 2.99. The minimum absolute atomic E-state index is 0.0313. The standard InChI is InChI=1S/C22H27N3O4S2/c1-6-18(25(31(5,28)29)17-9-7-8-15(4)12-17)21(26)23-16-10-11-19-20(13-16)30-22(27)24(19)14(2)3/h7-14,18H,6H2,1-5H3,(H,23,26). The lowest BCUT2D eigenvalue weighted by Crippen LogP contribution is -2.47. The normalized spacial score (nSPS) is 12.8. The van der Waals surface area contributed by atoms with Crippen LogP contribution in [-0.2, 0) is 14.8 Å². The summed E-state index contributed by atoms with van der Waals surface area (Å²) < 4.78 is 28.8. The molecule has 1 unspecified atom stereocenters. The molecule has 1 aromatic heterocycles. The number of fused-ring (bicyclic) bond motifs is 1. The van der Waals surface area contributed by atoms with Gasteiger partial charge >= 0.3 is 4.87 Å². The summed E-state index contributed by atoms with van der Waals surface area (Å²) in [5.41, 5.74) is 2.68. The molecule has 0 saturated carbocycles. The van der Waals surface area contributed by atoms with Crippen LogP contribution in [0.15, 0.2) is 47.3 Å². The van der Waals surface area contributed by atoms with Crippen LogP contribution in [0.25, 0.3) is 10.2 Å². The highest BCUT2D eigenvalue weighted by Crippen LogP contribution is 2.27. The maximum atomic E-state index is 13.1. The maximum absolute atomic E-state index is 13.1. The van der Waals surface area contributed by atoms with Gasteiger partial charge in [0.1, 0.15) is 6.04 Å². The fourth-order valence-corrected chi connectivity index (χ4v) is 5.91. The molecule has 0 saturated heterocycles. The molecule has 1 heterocycles. The molecule has 31 heavy (non-hydrogen) atoms. The summed E-state index contributed by atoms with van der Waals surface area (Å²) in [6.45, 7) is 7.53. The van der Waals surface area contributed by atoms with Crippen molar-refractivity contribution >= 4 is 48.9 Å². The zero-order chi connectivity index (χ0) is 22.9. The molecule has 0 spiro atoms. The van der Waals surface area contributed by atoms with Crippen LogP contribution in [0.5, 0.6) is 0 Å². The molecular weight excluding hydrogens is 434 g/mol. The van der Waals surface area contributed by atoms with E-state index in [1.165, 1.54) is 4.31 Å². The molecule has 0 bridgehead atoms. The summed E-state index contributed by atoms with van der Waals surface area (Å²) in [7, 11) is -3.70. The minimum Gasteiger partial charge on any atom is -0.324 e. The van der Waals surface area contributed by atoms with Crippen molar-refractivity contribution in [3.05, 3.63) is 57.7 Å². The van der Waals surface area contributed by atoms with Crippen LogP contribution in [0.2, 0.25) is 0 Å². The number of carbonyl (C=O) groups excluding carboxylic acids is 1. The number of nitrogens with zero attached hydrogens (tertiary/aromatic N) is 2. The van der Waals surface area contributed by atoms with Crippen LogP contribution in [-0.4, -0.2) is 31.2 Å². The van der Waals surface area contributed by atoms with Gasteiger partial charge in [0.05, 0.1) is 22.2 Å². The van der Waals surface area contributed by atoms with Crippen LogP contribution < -0.4 is 14.5 Å². The number of hydrogen-bond donors (Lipinski definition) is 1. The highest BCUT2D eigenvalue weighted by molar-refractivity contribution is 7.92. The summed E-state index contributed by atoms with van der Waals surface area (Å²) in [4.78, 5) is 25.3. The second-order valence-electron chi connectivity index (χ2n) is 7.83. The van der Waals surface area contributed by atoms with Gasteiger partial charge in [0.25, 0.3) is 0 Å². The lowest BCUT2D eigenvalue weighted by atomic mass is 10.1. The van der Waals surface area contributed by atoms with Crippen LogP contribution in [0.4, 0.5) is 11.4 Å². The third-order valence-electron chi connectivity index (χ3n) is 4.98. The van der Waals surface area contributed by atoms with E-state index in [1.54, 1.807) is 47.9 Å². The lowest BCUT2D eigenvalue weighted by Gasteiger charge is -2.30. The molecule has 0 aliphatic carbocycles. The molecule has 7 nitrogen and oxygen atoms in total. The van der Waals surface area contributed by atoms with E-state index in [4.69, 9.17) is 0 Å². The largest absolute Gasteiger partial charge is 0.324 e. The number of rotatable bonds is 7. The van der Waals surface area contributed by atoms with Crippen LogP contribution in [0.3, 0.4) is 0 Å². The van der Waals surface area contributed by atoms with E-state index in [1.807, 2.05) is 26.8 Å².